The number of anilines is 1. The maximum absolute atomic E-state index is 5.75. The van der Waals surface area contributed by atoms with E-state index in [1.165, 1.54) is 0 Å². The van der Waals surface area contributed by atoms with Crippen LogP contribution in [0.5, 0.6) is 0 Å². The standard InChI is InChI=1S/C13H17N3/c1-13(2,3)12-15-8-11(16-12)9-5-4-6-10(14)7-9/h4-8H,14H2,1-3H3,(H,15,16). The SMILES string of the molecule is CC(C)(C)c1ncc(-c2cccc(N)c2)[nH]1. The molecule has 0 radical (unpaired) electrons. The number of nitrogens with zero attached hydrogens (tertiary/aromatic N) is 1. The van der Waals surface area contributed by atoms with Crippen LogP contribution in [0.1, 0.15) is 26.6 Å². The Morgan fingerprint density at radius 1 is 1.25 bits per heavy atom. The number of nitrogens with two attached hydrogens (primary N) is 1. The summed E-state index contributed by atoms with van der Waals surface area (Å²) in [5.41, 5.74) is 8.65. The Labute approximate surface area is 95.7 Å². The largest absolute Gasteiger partial charge is 0.399 e. The Bertz CT molecular complexity index is 492. The third kappa shape index (κ3) is 2.08. The zero-order chi connectivity index (χ0) is 11.8. The minimum atomic E-state index is 0.0403. The predicted molar refractivity (Wildman–Crippen MR) is 67.1 cm³/mol. The van der Waals surface area contributed by atoms with Gasteiger partial charge in [-0.3, -0.25) is 0 Å². The fourth-order valence-corrected chi connectivity index (χ4v) is 1.56. The Balaban J connectivity index is 2.39. The molecule has 0 fully saturated rings. The Morgan fingerprint density at radius 3 is 2.56 bits per heavy atom. The monoisotopic (exact) mass is 215 g/mol. The van der Waals surface area contributed by atoms with Crippen molar-refractivity contribution in [3.63, 3.8) is 0 Å². The van der Waals surface area contributed by atoms with Crippen LogP contribution in [0.2, 0.25) is 0 Å². The lowest BCUT2D eigenvalue weighted by atomic mass is 9.96. The van der Waals surface area contributed by atoms with Crippen molar-refractivity contribution in [3.05, 3.63) is 36.3 Å². The molecular weight excluding hydrogens is 198 g/mol. The van der Waals surface area contributed by atoms with Gasteiger partial charge in [0.1, 0.15) is 5.82 Å². The number of aromatic amines is 1. The zero-order valence-electron chi connectivity index (χ0n) is 9.91. The highest BCUT2D eigenvalue weighted by Gasteiger charge is 2.17. The lowest BCUT2D eigenvalue weighted by Crippen LogP contribution is -2.13. The number of imidazole rings is 1. The molecule has 3 nitrogen and oxygen atoms in total. The predicted octanol–water partition coefficient (Wildman–Crippen LogP) is 2.96. The number of nitrogens with one attached hydrogen (secondary N) is 1. The molecule has 3 N–H and O–H groups in total. The van der Waals surface area contributed by atoms with Crippen molar-refractivity contribution in [1.82, 2.24) is 9.97 Å². The summed E-state index contributed by atoms with van der Waals surface area (Å²) in [6, 6.07) is 7.79. The number of H-pyrrole nitrogens is 1. The third-order valence-corrected chi connectivity index (χ3v) is 2.48. The van der Waals surface area contributed by atoms with E-state index in [2.05, 4.69) is 30.7 Å². The highest BCUT2D eigenvalue weighted by Crippen LogP contribution is 2.24. The molecule has 0 saturated heterocycles. The van der Waals surface area contributed by atoms with E-state index in [1.54, 1.807) is 0 Å². The van der Waals surface area contributed by atoms with Gasteiger partial charge in [-0.05, 0) is 12.1 Å². The number of hydrogen-bond acceptors (Lipinski definition) is 2. The molecule has 0 atom stereocenters. The molecule has 0 amide bonds. The summed E-state index contributed by atoms with van der Waals surface area (Å²) in [7, 11) is 0. The molecule has 0 saturated carbocycles. The van der Waals surface area contributed by atoms with Crippen LogP contribution in [0.15, 0.2) is 30.5 Å². The van der Waals surface area contributed by atoms with Gasteiger partial charge in [0.05, 0.1) is 11.9 Å². The molecule has 1 aromatic heterocycles. The molecule has 2 rings (SSSR count). The fraction of sp³-hybridized carbons (Fsp3) is 0.308. The van der Waals surface area contributed by atoms with Gasteiger partial charge >= 0.3 is 0 Å². The summed E-state index contributed by atoms with van der Waals surface area (Å²) in [5.74, 6) is 0.991. The topological polar surface area (TPSA) is 54.7 Å². The molecule has 0 aliphatic heterocycles. The molecule has 2 aromatic rings. The summed E-state index contributed by atoms with van der Waals surface area (Å²) >= 11 is 0. The van der Waals surface area contributed by atoms with E-state index < -0.39 is 0 Å². The van der Waals surface area contributed by atoms with E-state index in [0.717, 1.165) is 22.8 Å². The Hall–Kier alpha value is -1.77. The quantitative estimate of drug-likeness (QED) is 0.718. The maximum atomic E-state index is 5.75. The van der Waals surface area contributed by atoms with Crippen molar-refractivity contribution in [1.29, 1.82) is 0 Å². The molecular formula is C13H17N3. The van der Waals surface area contributed by atoms with Crippen LogP contribution < -0.4 is 5.73 Å². The lowest BCUT2D eigenvalue weighted by molar-refractivity contribution is 0.553. The van der Waals surface area contributed by atoms with Crippen LogP contribution >= 0.6 is 0 Å². The van der Waals surface area contributed by atoms with Crippen LogP contribution in [0.25, 0.3) is 11.3 Å². The van der Waals surface area contributed by atoms with Gasteiger partial charge in [-0.1, -0.05) is 32.9 Å². The molecule has 84 valence electrons. The first-order valence-electron chi connectivity index (χ1n) is 5.38. The van der Waals surface area contributed by atoms with E-state index in [-0.39, 0.29) is 5.41 Å². The van der Waals surface area contributed by atoms with Crippen molar-refractivity contribution in [2.24, 2.45) is 0 Å². The van der Waals surface area contributed by atoms with Gasteiger partial charge in [0.25, 0.3) is 0 Å². The van der Waals surface area contributed by atoms with E-state index in [0.29, 0.717) is 0 Å². The normalized spacial score (nSPS) is 11.7. The average molecular weight is 215 g/mol. The highest BCUT2D eigenvalue weighted by atomic mass is 14.9. The molecule has 0 aliphatic carbocycles. The molecule has 0 aliphatic rings. The molecule has 16 heavy (non-hydrogen) atoms. The van der Waals surface area contributed by atoms with E-state index in [9.17, 15) is 0 Å². The number of aromatic nitrogens is 2. The van der Waals surface area contributed by atoms with E-state index in [4.69, 9.17) is 5.73 Å². The summed E-state index contributed by atoms with van der Waals surface area (Å²) in [5, 5.41) is 0. The van der Waals surface area contributed by atoms with Crippen molar-refractivity contribution < 1.29 is 0 Å². The van der Waals surface area contributed by atoms with Crippen molar-refractivity contribution in [2.75, 3.05) is 5.73 Å². The molecule has 0 bridgehead atoms. The zero-order valence-corrected chi connectivity index (χ0v) is 9.91. The van der Waals surface area contributed by atoms with Gasteiger partial charge in [-0.2, -0.15) is 0 Å². The van der Waals surface area contributed by atoms with Crippen LogP contribution in [0.4, 0.5) is 5.69 Å². The smallest absolute Gasteiger partial charge is 0.111 e. The van der Waals surface area contributed by atoms with Crippen LogP contribution in [0.3, 0.4) is 0 Å². The van der Waals surface area contributed by atoms with E-state index >= 15 is 0 Å². The van der Waals surface area contributed by atoms with Crippen molar-refractivity contribution >= 4 is 5.69 Å². The summed E-state index contributed by atoms with van der Waals surface area (Å²) in [6.07, 6.45) is 1.86. The second-order valence-electron chi connectivity index (χ2n) is 5.02. The first-order valence-corrected chi connectivity index (χ1v) is 5.38. The minimum absolute atomic E-state index is 0.0403. The maximum Gasteiger partial charge on any atom is 0.111 e. The first-order chi connectivity index (χ1) is 7.47. The van der Waals surface area contributed by atoms with E-state index in [1.807, 2.05) is 30.5 Å². The molecule has 3 heteroatoms. The van der Waals surface area contributed by atoms with Crippen molar-refractivity contribution in [3.8, 4) is 11.3 Å². The van der Waals surface area contributed by atoms with Gasteiger partial charge in [-0.25, -0.2) is 4.98 Å². The van der Waals surface area contributed by atoms with Crippen LogP contribution in [-0.2, 0) is 5.41 Å². The van der Waals surface area contributed by atoms with Gasteiger partial charge in [0.2, 0.25) is 0 Å². The second-order valence-corrected chi connectivity index (χ2v) is 5.02. The molecule has 1 heterocycles. The number of hydrogen-bond donors (Lipinski definition) is 2. The average Bonchev–Trinajstić information content (AvgIpc) is 2.65. The molecule has 0 unspecified atom stereocenters. The summed E-state index contributed by atoms with van der Waals surface area (Å²) in [6.45, 7) is 6.40. The van der Waals surface area contributed by atoms with Crippen LogP contribution in [-0.4, -0.2) is 9.97 Å². The first kappa shape index (κ1) is 10.7. The Kier molecular flexibility index (Phi) is 2.46. The minimum Gasteiger partial charge on any atom is -0.399 e. The van der Waals surface area contributed by atoms with Gasteiger partial charge in [0, 0.05) is 16.7 Å². The number of nitrogen functional groups attached to an aromatic ring is 1. The summed E-state index contributed by atoms with van der Waals surface area (Å²) in [4.78, 5) is 7.73. The third-order valence-electron chi connectivity index (χ3n) is 2.48. The molecule has 1 aromatic carbocycles. The van der Waals surface area contributed by atoms with Gasteiger partial charge in [0.15, 0.2) is 0 Å². The Morgan fingerprint density at radius 2 is 2.00 bits per heavy atom. The highest BCUT2D eigenvalue weighted by molar-refractivity contribution is 5.63. The lowest BCUT2D eigenvalue weighted by Gasteiger charge is -2.14. The van der Waals surface area contributed by atoms with Crippen LogP contribution in [0, 0.1) is 0 Å². The fourth-order valence-electron chi connectivity index (χ4n) is 1.56. The number of rotatable bonds is 1. The van der Waals surface area contributed by atoms with Gasteiger partial charge in [-0.15, -0.1) is 0 Å². The number of benzene rings is 1. The van der Waals surface area contributed by atoms with Crippen molar-refractivity contribution in [2.45, 2.75) is 26.2 Å². The molecule has 0 spiro atoms. The second kappa shape index (κ2) is 3.67. The summed E-state index contributed by atoms with van der Waals surface area (Å²) < 4.78 is 0. The van der Waals surface area contributed by atoms with Gasteiger partial charge < -0.3 is 10.7 Å².